The van der Waals surface area contributed by atoms with Crippen LogP contribution in [0.4, 0.5) is 8.78 Å². The summed E-state index contributed by atoms with van der Waals surface area (Å²) in [6.45, 7) is 0. The Morgan fingerprint density at radius 3 is 1.52 bits per heavy atom. The molecule has 0 aliphatic heterocycles. The molecule has 0 radical (unpaired) electrons. The number of hydrogen-bond donors (Lipinski definition) is 0. The summed E-state index contributed by atoms with van der Waals surface area (Å²) in [5.41, 5.74) is 0.998. The van der Waals surface area contributed by atoms with Crippen molar-refractivity contribution in [2.45, 2.75) is 0 Å². The molecule has 0 atom stereocenters. The van der Waals surface area contributed by atoms with E-state index < -0.39 is 0 Å². The molecule has 118 valence electrons. The molecular formula is C18H14F2O2Se. The number of benzene rings is 2. The van der Waals surface area contributed by atoms with Crippen LogP contribution >= 0.6 is 0 Å². The fourth-order valence-corrected chi connectivity index (χ4v) is 4.45. The Balaban J connectivity index is 2.04. The molecule has 0 saturated carbocycles. The van der Waals surface area contributed by atoms with Gasteiger partial charge in [0.2, 0.25) is 0 Å². The summed E-state index contributed by atoms with van der Waals surface area (Å²) in [6, 6.07) is 12.9. The normalized spacial score (nSPS) is 10.6. The Morgan fingerprint density at radius 1 is 0.696 bits per heavy atom. The fourth-order valence-electron chi connectivity index (χ4n) is 2.27. The van der Waals surface area contributed by atoms with E-state index in [-0.39, 0.29) is 26.1 Å². The molecular weight excluding hydrogens is 365 g/mol. The first-order valence-electron chi connectivity index (χ1n) is 6.90. The molecule has 0 spiro atoms. The van der Waals surface area contributed by atoms with Gasteiger partial charge in [0.25, 0.3) is 0 Å². The van der Waals surface area contributed by atoms with E-state index in [1.807, 2.05) is 12.1 Å². The van der Waals surface area contributed by atoms with Crippen LogP contribution in [0, 0.1) is 11.6 Å². The molecule has 0 fully saturated rings. The molecule has 1 heterocycles. The Morgan fingerprint density at radius 2 is 1.13 bits per heavy atom. The van der Waals surface area contributed by atoms with Gasteiger partial charge in [-0.3, -0.25) is 0 Å². The van der Waals surface area contributed by atoms with Gasteiger partial charge in [0.1, 0.15) is 0 Å². The van der Waals surface area contributed by atoms with E-state index in [0.717, 1.165) is 8.87 Å². The zero-order valence-electron chi connectivity index (χ0n) is 12.6. The summed E-state index contributed by atoms with van der Waals surface area (Å²) in [7, 11) is 3.08. The van der Waals surface area contributed by atoms with Crippen LogP contribution in [0.3, 0.4) is 0 Å². The molecule has 0 unspecified atom stereocenters. The molecule has 0 aliphatic rings. The molecule has 23 heavy (non-hydrogen) atoms. The van der Waals surface area contributed by atoms with Crippen LogP contribution in [0.1, 0.15) is 0 Å². The molecule has 1 aromatic heterocycles. The van der Waals surface area contributed by atoms with Gasteiger partial charge in [-0.05, 0) is 0 Å². The molecule has 3 aromatic rings. The van der Waals surface area contributed by atoms with Crippen molar-refractivity contribution in [2.24, 2.45) is 0 Å². The fraction of sp³-hybridized carbons (Fsp3) is 0.111. The average Bonchev–Trinajstić information content (AvgIpc) is 3.05. The van der Waals surface area contributed by atoms with Crippen molar-refractivity contribution >= 4 is 14.5 Å². The van der Waals surface area contributed by atoms with Gasteiger partial charge < -0.3 is 0 Å². The monoisotopic (exact) mass is 380 g/mol. The SMILES string of the molecule is COc1ccc(F)c(-c2ccc(-c3cc(OC)ccc3F)[se]2)c1. The second-order valence-electron chi connectivity index (χ2n) is 4.86. The average molecular weight is 379 g/mol. The third-order valence-corrected chi connectivity index (χ3v) is 5.90. The van der Waals surface area contributed by atoms with E-state index in [1.165, 1.54) is 12.1 Å². The minimum atomic E-state index is -0.306. The van der Waals surface area contributed by atoms with E-state index in [1.54, 1.807) is 38.5 Å². The Hall–Kier alpha value is -2.10. The van der Waals surface area contributed by atoms with Gasteiger partial charge in [-0.15, -0.1) is 0 Å². The van der Waals surface area contributed by atoms with Crippen molar-refractivity contribution in [3.63, 3.8) is 0 Å². The van der Waals surface area contributed by atoms with Crippen LogP contribution in [0.25, 0.3) is 20.0 Å². The number of rotatable bonds is 4. The van der Waals surface area contributed by atoms with Crippen molar-refractivity contribution < 1.29 is 18.3 Å². The predicted octanol–water partition coefficient (Wildman–Crippen LogP) is 4.37. The second-order valence-corrected chi connectivity index (χ2v) is 7.13. The van der Waals surface area contributed by atoms with E-state index in [0.29, 0.717) is 22.6 Å². The summed E-state index contributed by atoms with van der Waals surface area (Å²) in [6.07, 6.45) is 0. The maximum absolute atomic E-state index is 14.1. The molecule has 2 nitrogen and oxygen atoms in total. The van der Waals surface area contributed by atoms with Gasteiger partial charge in [-0.2, -0.15) is 0 Å². The molecule has 2 aromatic carbocycles. The molecule has 3 rings (SSSR count). The summed E-state index contributed by atoms with van der Waals surface area (Å²) >= 11 is -0.194. The van der Waals surface area contributed by atoms with E-state index in [2.05, 4.69) is 0 Å². The van der Waals surface area contributed by atoms with Gasteiger partial charge in [0.15, 0.2) is 0 Å². The first-order valence-corrected chi connectivity index (χ1v) is 8.61. The maximum atomic E-state index is 14.1. The number of ether oxygens (including phenoxy) is 2. The zero-order valence-corrected chi connectivity index (χ0v) is 14.3. The van der Waals surface area contributed by atoms with Gasteiger partial charge in [-0.1, -0.05) is 0 Å². The van der Waals surface area contributed by atoms with Gasteiger partial charge in [0, 0.05) is 0 Å². The van der Waals surface area contributed by atoms with E-state index in [9.17, 15) is 8.78 Å². The van der Waals surface area contributed by atoms with E-state index >= 15 is 0 Å². The van der Waals surface area contributed by atoms with Crippen molar-refractivity contribution in [1.82, 2.24) is 0 Å². The molecule has 0 amide bonds. The van der Waals surface area contributed by atoms with Crippen molar-refractivity contribution in [3.05, 3.63) is 60.2 Å². The standard InChI is InChI=1S/C18H14F2O2Se/c1-21-11-3-5-15(19)13(9-11)17-7-8-18(23-17)14-10-12(22-2)4-6-16(14)20/h3-10H,1-2H3. The van der Waals surface area contributed by atoms with Crippen LogP contribution in [-0.2, 0) is 0 Å². The van der Waals surface area contributed by atoms with E-state index in [4.69, 9.17) is 9.47 Å². The van der Waals surface area contributed by atoms with Gasteiger partial charge in [-0.25, -0.2) is 0 Å². The third-order valence-electron chi connectivity index (χ3n) is 3.48. The zero-order chi connectivity index (χ0) is 16.4. The van der Waals surface area contributed by atoms with Crippen molar-refractivity contribution in [2.75, 3.05) is 14.2 Å². The Kier molecular flexibility index (Phi) is 4.51. The molecule has 0 N–H and O–H groups in total. The number of halogens is 2. The van der Waals surface area contributed by atoms with Crippen LogP contribution in [-0.4, -0.2) is 28.7 Å². The summed E-state index contributed by atoms with van der Waals surface area (Å²) in [5.74, 6) is 0.581. The predicted molar refractivity (Wildman–Crippen MR) is 87.3 cm³/mol. The summed E-state index contributed by atoms with van der Waals surface area (Å²) in [5, 5.41) is 0. The molecule has 0 saturated heterocycles. The molecule has 0 aliphatic carbocycles. The summed E-state index contributed by atoms with van der Waals surface area (Å²) < 4.78 is 40.2. The van der Waals surface area contributed by atoms with Crippen molar-refractivity contribution in [1.29, 1.82) is 0 Å². The third kappa shape index (κ3) is 3.16. The van der Waals surface area contributed by atoms with Gasteiger partial charge in [0.05, 0.1) is 0 Å². The van der Waals surface area contributed by atoms with Gasteiger partial charge >= 0.3 is 139 Å². The summed E-state index contributed by atoms with van der Waals surface area (Å²) in [4.78, 5) is 0. The molecule has 5 heteroatoms. The Labute approximate surface area is 139 Å². The first-order chi connectivity index (χ1) is 11.1. The Bertz CT molecular complexity index is 775. The minimum absolute atomic E-state index is 0.194. The second kappa shape index (κ2) is 6.57. The van der Waals surface area contributed by atoms with Crippen molar-refractivity contribution in [3.8, 4) is 31.5 Å². The van der Waals surface area contributed by atoms with Crippen LogP contribution in [0.2, 0.25) is 0 Å². The van der Waals surface area contributed by atoms with Crippen LogP contribution in [0.15, 0.2) is 48.5 Å². The number of hydrogen-bond acceptors (Lipinski definition) is 2. The van der Waals surface area contributed by atoms with Crippen LogP contribution in [0.5, 0.6) is 11.5 Å². The quantitative estimate of drug-likeness (QED) is 0.627. The first kappa shape index (κ1) is 15.8. The topological polar surface area (TPSA) is 18.5 Å². The number of methoxy groups -OCH3 is 2. The van der Waals surface area contributed by atoms with Crippen LogP contribution < -0.4 is 9.47 Å². The molecule has 0 bridgehead atoms.